The van der Waals surface area contributed by atoms with Gasteiger partial charge in [-0.25, -0.2) is 13.2 Å². The van der Waals surface area contributed by atoms with E-state index in [1.807, 2.05) is 12.1 Å². The van der Waals surface area contributed by atoms with Crippen LogP contribution in [0.2, 0.25) is 0 Å². The number of aliphatic carboxylic acids is 1. The number of anilines is 1. The van der Waals surface area contributed by atoms with Gasteiger partial charge in [0, 0.05) is 5.69 Å². The van der Waals surface area contributed by atoms with Crippen molar-refractivity contribution in [3.8, 4) is 11.1 Å². The van der Waals surface area contributed by atoms with Crippen molar-refractivity contribution >= 4 is 56.8 Å². The summed E-state index contributed by atoms with van der Waals surface area (Å²) < 4.78 is 58.8. The summed E-state index contributed by atoms with van der Waals surface area (Å²) in [5.74, 6) is -2.91. The summed E-state index contributed by atoms with van der Waals surface area (Å²) in [4.78, 5) is 20.3. The molecule has 5 N–H and O–H groups in total. The van der Waals surface area contributed by atoms with Gasteiger partial charge in [-0.3, -0.25) is 10.2 Å². The Labute approximate surface area is 206 Å². The minimum absolute atomic E-state index is 0.155. The average molecular weight is 546 g/mol. The zero-order chi connectivity index (χ0) is 26.4. The maximum Gasteiger partial charge on any atom is 0.490 e. The molecular weight excluding hydrogens is 527 g/mol. The number of sulfone groups is 1. The molecule has 1 amide bonds. The normalized spacial score (nSPS) is 11.2. The van der Waals surface area contributed by atoms with Crippen LogP contribution in [0.5, 0.6) is 0 Å². The molecule has 0 unspecified atom stereocenters. The van der Waals surface area contributed by atoms with Gasteiger partial charge in [-0.2, -0.15) is 13.2 Å². The SMILES string of the molecule is CSc1sc(C(=N)N)cc1S(=O)(=O)c1cccc(-c2cccc(NC=O)c2)c1.O=C(O)C(F)(F)F. The van der Waals surface area contributed by atoms with Crippen molar-refractivity contribution in [1.29, 1.82) is 5.41 Å². The van der Waals surface area contributed by atoms with Crippen molar-refractivity contribution in [2.75, 3.05) is 11.6 Å². The third kappa shape index (κ3) is 7.07. The standard InChI is InChI=1S/C19H17N3O3S3.C2HF3O2/c1-26-19-17(10-16(27-19)18(20)21)28(24,25)15-7-3-5-13(9-15)12-4-2-6-14(8-12)22-11-23;3-2(4,5)1(6)7/h2-11H,1H3,(H3,20,21)(H,22,23);(H,6,7). The lowest BCUT2D eigenvalue weighted by Gasteiger charge is -2.08. The Balaban J connectivity index is 0.000000540. The summed E-state index contributed by atoms with van der Waals surface area (Å²) in [6.45, 7) is 0. The Hall–Kier alpha value is -3.36. The summed E-state index contributed by atoms with van der Waals surface area (Å²) in [6.07, 6.45) is -2.70. The number of amides is 1. The molecule has 0 aliphatic rings. The van der Waals surface area contributed by atoms with E-state index in [9.17, 15) is 26.4 Å². The molecule has 0 fully saturated rings. The first-order valence-electron chi connectivity index (χ1n) is 9.29. The van der Waals surface area contributed by atoms with E-state index >= 15 is 0 Å². The Morgan fingerprint density at radius 2 is 1.71 bits per heavy atom. The number of nitrogens with one attached hydrogen (secondary N) is 2. The molecular formula is C21H18F3N3O5S3. The third-order valence-electron chi connectivity index (χ3n) is 4.21. The van der Waals surface area contributed by atoms with Crippen molar-refractivity contribution in [2.24, 2.45) is 5.73 Å². The van der Waals surface area contributed by atoms with Gasteiger partial charge in [-0.1, -0.05) is 24.3 Å². The van der Waals surface area contributed by atoms with Crippen LogP contribution in [-0.4, -0.2) is 44.2 Å². The van der Waals surface area contributed by atoms with E-state index < -0.39 is 22.0 Å². The molecule has 3 rings (SSSR count). The van der Waals surface area contributed by atoms with Crippen LogP contribution in [-0.2, 0) is 19.4 Å². The second-order valence-electron chi connectivity index (χ2n) is 6.56. The first-order valence-corrected chi connectivity index (χ1v) is 12.8. The molecule has 0 aliphatic carbocycles. The molecule has 0 bridgehead atoms. The maximum atomic E-state index is 13.2. The Morgan fingerprint density at radius 1 is 1.14 bits per heavy atom. The summed E-state index contributed by atoms with van der Waals surface area (Å²) >= 11 is 2.50. The fourth-order valence-corrected chi connectivity index (χ4v) is 6.55. The highest BCUT2D eigenvalue weighted by atomic mass is 32.2. The van der Waals surface area contributed by atoms with Crippen molar-refractivity contribution in [3.05, 3.63) is 59.5 Å². The second kappa shape index (κ2) is 11.4. The number of carboxylic acids is 1. The molecule has 2 aromatic carbocycles. The number of carbonyl (C=O) groups is 2. The molecule has 0 saturated heterocycles. The van der Waals surface area contributed by atoms with E-state index in [0.29, 0.717) is 26.7 Å². The molecule has 8 nitrogen and oxygen atoms in total. The van der Waals surface area contributed by atoms with Crippen LogP contribution in [0.4, 0.5) is 18.9 Å². The number of hydrogen-bond donors (Lipinski definition) is 4. The molecule has 0 aliphatic heterocycles. The zero-order valence-electron chi connectivity index (χ0n) is 17.8. The number of amidine groups is 1. The first-order chi connectivity index (χ1) is 16.3. The van der Waals surface area contributed by atoms with Crippen LogP contribution in [0.15, 0.2) is 68.6 Å². The number of thiophene rings is 1. The van der Waals surface area contributed by atoms with E-state index in [-0.39, 0.29) is 15.6 Å². The monoisotopic (exact) mass is 545 g/mol. The van der Waals surface area contributed by atoms with E-state index in [2.05, 4.69) is 5.32 Å². The van der Waals surface area contributed by atoms with Gasteiger partial charge in [0.05, 0.1) is 18.9 Å². The lowest BCUT2D eigenvalue weighted by Crippen LogP contribution is -2.21. The maximum absolute atomic E-state index is 13.2. The number of benzene rings is 2. The molecule has 0 radical (unpaired) electrons. The molecule has 0 spiro atoms. The molecule has 186 valence electrons. The van der Waals surface area contributed by atoms with Crippen LogP contribution in [0, 0.1) is 5.41 Å². The van der Waals surface area contributed by atoms with Crippen LogP contribution in [0.1, 0.15) is 4.88 Å². The molecule has 0 saturated carbocycles. The minimum atomic E-state index is -5.08. The summed E-state index contributed by atoms with van der Waals surface area (Å²) in [6, 6.07) is 15.2. The number of rotatable bonds is 7. The van der Waals surface area contributed by atoms with Gasteiger partial charge in [0.25, 0.3) is 0 Å². The Kier molecular flexibility index (Phi) is 9.06. The summed E-state index contributed by atoms with van der Waals surface area (Å²) in [5, 5.41) is 17.3. The van der Waals surface area contributed by atoms with Crippen LogP contribution in [0.3, 0.4) is 0 Å². The van der Waals surface area contributed by atoms with Crippen LogP contribution >= 0.6 is 23.1 Å². The Morgan fingerprint density at radius 3 is 2.23 bits per heavy atom. The van der Waals surface area contributed by atoms with E-state index in [4.69, 9.17) is 21.0 Å². The van der Waals surface area contributed by atoms with Gasteiger partial charge in [-0.15, -0.1) is 23.1 Å². The van der Waals surface area contributed by atoms with Crippen molar-refractivity contribution in [2.45, 2.75) is 20.2 Å². The highest BCUT2D eigenvalue weighted by molar-refractivity contribution is 8.01. The van der Waals surface area contributed by atoms with Crippen LogP contribution < -0.4 is 11.1 Å². The smallest absolute Gasteiger partial charge is 0.475 e. The molecule has 1 heterocycles. The molecule has 14 heteroatoms. The number of hydrogen-bond acceptors (Lipinski definition) is 7. The third-order valence-corrected chi connectivity index (χ3v) is 8.55. The topological polar surface area (TPSA) is 150 Å². The quantitative estimate of drug-likeness (QED) is 0.148. The van der Waals surface area contributed by atoms with Crippen molar-refractivity contribution in [3.63, 3.8) is 0 Å². The Bertz CT molecular complexity index is 1360. The predicted octanol–water partition coefficient (Wildman–Crippen LogP) is 4.46. The fourth-order valence-electron chi connectivity index (χ4n) is 2.65. The van der Waals surface area contributed by atoms with Crippen molar-refractivity contribution in [1.82, 2.24) is 0 Å². The minimum Gasteiger partial charge on any atom is -0.475 e. The van der Waals surface area contributed by atoms with E-state index in [0.717, 1.165) is 5.56 Å². The average Bonchev–Trinajstić information content (AvgIpc) is 3.25. The highest BCUT2D eigenvalue weighted by Crippen LogP contribution is 2.37. The van der Waals surface area contributed by atoms with Crippen molar-refractivity contribution < 1.29 is 36.3 Å². The number of halogens is 3. The lowest BCUT2D eigenvalue weighted by atomic mass is 10.1. The van der Waals surface area contributed by atoms with Gasteiger partial charge in [-0.05, 0) is 47.7 Å². The highest BCUT2D eigenvalue weighted by Gasteiger charge is 2.38. The predicted molar refractivity (Wildman–Crippen MR) is 128 cm³/mol. The van der Waals surface area contributed by atoms with E-state index in [1.165, 1.54) is 29.2 Å². The van der Waals surface area contributed by atoms with Gasteiger partial charge >= 0.3 is 12.1 Å². The van der Waals surface area contributed by atoms with Crippen LogP contribution in [0.25, 0.3) is 11.1 Å². The van der Waals surface area contributed by atoms with Gasteiger partial charge in [0.2, 0.25) is 16.2 Å². The number of carboxylic acid groups (broad SMARTS) is 1. The fraction of sp³-hybridized carbons (Fsp3) is 0.0952. The number of thioether (sulfide) groups is 1. The van der Waals surface area contributed by atoms with E-state index in [1.54, 1.807) is 42.7 Å². The number of nitrogens with two attached hydrogens (primary N) is 1. The lowest BCUT2D eigenvalue weighted by molar-refractivity contribution is -0.192. The molecule has 3 aromatic rings. The molecule has 1 aromatic heterocycles. The number of alkyl halides is 3. The van der Waals surface area contributed by atoms with Gasteiger partial charge in [0.15, 0.2) is 0 Å². The largest absolute Gasteiger partial charge is 0.490 e. The summed E-state index contributed by atoms with van der Waals surface area (Å²) in [7, 11) is -3.78. The zero-order valence-corrected chi connectivity index (χ0v) is 20.2. The molecule has 0 atom stereocenters. The summed E-state index contributed by atoms with van der Waals surface area (Å²) in [5.41, 5.74) is 7.64. The van der Waals surface area contributed by atoms with Gasteiger partial charge < -0.3 is 16.2 Å². The second-order valence-corrected chi connectivity index (χ2v) is 10.6. The first kappa shape index (κ1) is 27.9. The number of carbonyl (C=O) groups excluding carboxylic acids is 1. The number of nitrogen functional groups attached to an aromatic ring is 1. The van der Waals surface area contributed by atoms with Gasteiger partial charge in [0.1, 0.15) is 5.84 Å². The molecule has 35 heavy (non-hydrogen) atoms.